The number of benzene rings is 2. The molecule has 0 spiro atoms. The van der Waals surface area contributed by atoms with E-state index < -0.39 is 0 Å². The summed E-state index contributed by atoms with van der Waals surface area (Å²) in [6, 6.07) is 19.6. The van der Waals surface area contributed by atoms with Gasteiger partial charge in [0.2, 0.25) is 5.91 Å². The molecule has 0 atom stereocenters. The SMILES string of the molecule is CN(CCCCCc1cc(-c2ccccc2)n[nH]1)C(=O)Cn1c(=O)cnc2ccccc21. The highest BCUT2D eigenvalue weighted by atomic mass is 16.2. The van der Waals surface area contributed by atoms with E-state index in [1.54, 1.807) is 11.9 Å². The van der Waals surface area contributed by atoms with Gasteiger partial charge in [-0.3, -0.25) is 19.3 Å². The molecule has 0 radical (unpaired) electrons. The zero-order chi connectivity index (χ0) is 22.3. The lowest BCUT2D eigenvalue weighted by atomic mass is 10.1. The van der Waals surface area contributed by atoms with Gasteiger partial charge in [0.25, 0.3) is 5.56 Å². The van der Waals surface area contributed by atoms with Crippen molar-refractivity contribution in [2.45, 2.75) is 32.2 Å². The molecule has 0 aliphatic heterocycles. The summed E-state index contributed by atoms with van der Waals surface area (Å²) < 4.78 is 1.49. The number of carbonyl (C=O) groups is 1. The van der Waals surface area contributed by atoms with Crippen LogP contribution in [-0.2, 0) is 17.8 Å². The number of likely N-dealkylation sites (N-methyl/N-ethyl adjacent to an activating group) is 1. The molecule has 4 rings (SSSR count). The summed E-state index contributed by atoms with van der Waals surface area (Å²) in [5.41, 5.74) is 4.31. The second kappa shape index (κ2) is 10.0. The number of fused-ring (bicyclic) bond motifs is 1. The number of H-pyrrole nitrogens is 1. The summed E-state index contributed by atoms with van der Waals surface area (Å²) in [6.45, 7) is 0.684. The number of amides is 1. The van der Waals surface area contributed by atoms with Crippen LogP contribution in [0.3, 0.4) is 0 Å². The summed E-state index contributed by atoms with van der Waals surface area (Å²) in [6.07, 6.45) is 5.14. The van der Waals surface area contributed by atoms with Gasteiger partial charge in [0.05, 0.1) is 22.9 Å². The fraction of sp³-hybridized carbons (Fsp3) is 0.280. The van der Waals surface area contributed by atoms with Crippen LogP contribution in [0.4, 0.5) is 0 Å². The van der Waals surface area contributed by atoms with Crippen LogP contribution in [0.25, 0.3) is 22.3 Å². The van der Waals surface area contributed by atoms with Gasteiger partial charge in [-0.05, 0) is 37.5 Å². The predicted octanol–water partition coefficient (Wildman–Crippen LogP) is 3.66. The predicted molar refractivity (Wildman–Crippen MR) is 125 cm³/mol. The third-order valence-corrected chi connectivity index (χ3v) is 5.61. The van der Waals surface area contributed by atoms with Gasteiger partial charge >= 0.3 is 0 Å². The summed E-state index contributed by atoms with van der Waals surface area (Å²) in [4.78, 5) is 30.7. The quantitative estimate of drug-likeness (QED) is 0.412. The molecule has 1 N–H and O–H groups in total. The molecule has 4 aromatic rings. The van der Waals surface area contributed by atoms with Crippen molar-refractivity contribution in [3.8, 4) is 11.3 Å². The minimum Gasteiger partial charge on any atom is -0.344 e. The molecular formula is C25H27N5O2. The summed E-state index contributed by atoms with van der Waals surface area (Å²) >= 11 is 0. The van der Waals surface area contributed by atoms with Crippen LogP contribution in [0.2, 0.25) is 0 Å². The number of para-hydroxylation sites is 2. The number of aromatic amines is 1. The van der Waals surface area contributed by atoms with Gasteiger partial charge in [-0.15, -0.1) is 0 Å². The Hall–Kier alpha value is -3.74. The molecule has 0 saturated heterocycles. The fourth-order valence-corrected chi connectivity index (χ4v) is 3.75. The Kier molecular flexibility index (Phi) is 6.75. The van der Waals surface area contributed by atoms with Crippen LogP contribution in [0, 0.1) is 0 Å². The maximum absolute atomic E-state index is 12.7. The van der Waals surface area contributed by atoms with E-state index in [0.29, 0.717) is 17.6 Å². The molecular weight excluding hydrogens is 402 g/mol. The molecule has 0 bridgehead atoms. The lowest BCUT2D eigenvalue weighted by molar-refractivity contribution is -0.130. The largest absolute Gasteiger partial charge is 0.344 e. The first kappa shape index (κ1) is 21.5. The van der Waals surface area contributed by atoms with Crippen LogP contribution in [0.1, 0.15) is 25.0 Å². The second-order valence-corrected chi connectivity index (χ2v) is 7.94. The minimum absolute atomic E-state index is 0.0226. The monoisotopic (exact) mass is 429 g/mol. The van der Waals surface area contributed by atoms with Crippen LogP contribution in [-0.4, -0.2) is 44.1 Å². The molecule has 0 saturated carbocycles. The molecule has 0 fully saturated rings. The van der Waals surface area contributed by atoms with Crippen LogP contribution >= 0.6 is 0 Å². The van der Waals surface area contributed by atoms with Crippen molar-refractivity contribution >= 4 is 16.9 Å². The number of carbonyl (C=O) groups excluding carboxylic acids is 1. The van der Waals surface area contributed by atoms with E-state index in [0.717, 1.165) is 42.6 Å². The topological polar surface area (TPSA) is 83.9 Å². The number of hydrogen-bond donors (Lipinski definition) is 1. The van der Waals surface area contributed by atoms with Crippen LogP contribution in [0.5, 0.6) is 0 Å². The van der Waals surface area contributed by atoms with E-state index >= 15 is 0 Å². The van der Waals surface area contributed by atoms with Crippen LogP contribution < -0.4 is 5.56 Å². The zero-order valence-corrected chi connectivity index (χ0v) is 18.2. The van der Waals surface area contributed by atoms with Crippen molar-refractivity contribution in [3.05, 3.63) is 82.9 Å². The molecule has 32 heavy (non-hydrogen) atoms. The molecule has 1 amide bonds. The van der Waals surface area contributed by atoms with Gasteiger partial charge in [0.1, 0.15) is 6.54 Å². The van der Waals surface area contributed by atoms with Crippen molar-refractivity contribution in [3.63, 3.8) is 0 Å². The Bertz CT molecular complexity index is 1250. The highest BCUT2D eigenvalue weighted by Gasteiger charge is 2.13. The first-order valence-corrected chi connectivity index (χ1v) is 10.9. The average molecular weight is 430 g/mol. The summed E-state index contributed by atoms with van der Waals surface area (Å²) in [5.74, 6) is -0.0791. The van der Waals surface area contributed by atoms with Gasteiger partial charge in [-0.1, -0.05) is 48.9 Å². The second-order valence-electron chi connectivity index (χ2n) is 7.94. The standard InChI is InChI=1S/C25H27N5O2/c1-29(25(32)18-30-23-14-8-7-13-21(23)26-17-24(30)31)15-9-3-6-12-20-16-22(28-27-20)19-10-4-2-5-11-19/h2,4-5,7-8,10-11,13-14,16-17H,3,6,9,12,15,18H2,1H3,(H,27,28). The lowest BCUT2D eigenvalue weighted by Crippen LogP contribution is -2.34. The van der Waals surface area contributed by atoms with Gasteiger partial charge in [-0.25, -0.2) is 4.98 Å². The normalized spacial score (nSPS) is 11.0. The van der Waals surface area contributed by atoms with Crippen molar-refractivity contribution in [2.24, 2.45) is 0 Å². The van der Waals surface area contributed by atoms with E-state index in [1.165, 1.54) is 10.8 Å². The molecule has 0 aliphatic carbocycles. The number of nitrogens with one attached hydrogen (secondary N) is 1. The molecule has 0 aliphatic rings. The molecule has 0 unspecified atom stereocenters. The Morgan fingerprint density at radius 2 is 1.81 bits per heavy atom. The summed E-state index contributed by atoms with van der Waals surface area (Å²) in [5, 5.41) is 7.51. The zero-order valence-electron chi connectivity index (χ0n) is 18.2. The average Bonchev–Trinajstić information content (AvgIpc) is 3.30. The van der Waals surface area contributed by atoms with Crippen molar-refractivity contribution in [2.75, 3.05) is 13.6 Å². The Morgan fingerprint density at radius 1 is 1.03 bits per heavy atom. The van der Waals surface area contributed by atoms with E-state index in [2.05, 4.69) is 33.4 Å². The van der Waals surface area contributed by atoms with E-state index in [4.69, 9.17) is 0 Å². The lowest BCUT2D eigenvalue weighted by Gasteiger charge is -2.18. The molecule has 2 heterocycles. The number of rotatable bonds is 9. The highest BCUT2D eigenvalue weighted by Crippen LogP contribution is 2.18. The van der Waals surface area contributed by atoms with Crippen molar-refractivity contribution < 1.29 is 4.79 Å². The number of hydrogen-bond acceptors (Lipinski definition) is 4. The number of aromatic nitrogens is 4. The molecule has 7 nitrogen and oxygen atoms in total. The van der Waals surface area contributed by atoms with Crippen LogP contribution in [0.15, 0.2) is 71.7 Å². The van der Waals surface area contributed by atoms with E-state index in [1.807, 2.05) is 42.5 Å². The smallest absolute Gasteiger partial charge is 0.269 e. The Morgan fingerprint density at radius 3 is 2.66 bits per heavy atom. The number of nitrogens with zero attached hydrogens (tertiary/aromatic N) is 4. The minimum atomic E-state index is -0.264. The third kappa shape index (κ3) is 5.11. The van der Waals surface area contributed by atoms with Crippen molar-refractivity contribution in [1.82, 2.24) is 24.6 Å². The Labute approximate surface area is 186 Å². The van der Waals surface area contributed by atoms with E-state index in [9.17, 15) is 9.59 Å². The molecule has 7 heteroatoms. The van der Waals surface area contributed by atoms with Gasteiger partial charge < -0.3 is 4.90 Å². The number of aryl methyl sites for hydroxylation is 1. The summed E-state index contributed by atoms with van der Waals surface area (Å²) in [7, 11) is 1.79. The maximum Gasteiger partial charge on any atom is 0.269 e. The maximum atomic E-state index is 12.7. The van der Waals surface area contributed by atoms with Crippen molar-refractivity contribution in [1.29, 1.82) is 0 Å². The van der Waals surface area contributed by atoms with Gasteiger partial charge in [-0.2, -0.15) is 5.10 Å². The number of unbranched alkanes of at least 4 members (excludes halogenated alkanes) is 2. The molecule has 2 aromatic heterocycles. The van der Waals surface area contributed by atoms with Gasteiger partial charge in [0, 0.05) is 24.8 Å². The van der Waals surface area contributed by atoms with E-state index in [-0.39, 0.29) is 18.0 Å². The fourth-order valence-electron chi connectivity index (χ4n) is 3.75. The Balaban J connectivity index is 1.23. The molecule has 2 aromatic carbocycles. The molecule has 164 valence electrons. The first-order chi connectivity index (χ1) is 15.6. The first-order valence-electron chi connectivity index (χ1n) is 10.9. The van der Waals surface area contributed by atoms with Gasteiger partial charge in [0.15, 0.2) is 0 Å². The highest BCUT2D eigenvalue weighted by molar-refractivity contribution is 5.79. The third-order valence-electron chi connectivity index (χ3n) is 5.61.